The van der Waals surface area contributed by atoms with Crippen LogP contribution < -0.4 is 10.1 Å². The molecule has 5 nitrogen and oxygen atoms in total. The van der Waals surface area contributed by atoms with E-state index in [0.29, 0.717) is 11.3 Å². The zero-order chi connectivity index (χ0) is 19.6. The molecule has 0 bridgehead atoms. The Morgan fingerprint density at radius 1 is 1.00 bits per heavy atom. The van der Waals surface area contributed by atoms with Crippen LogP contribution in [0, 0.1) is 0 Å². The van der Waals surface area contributed by atoms with Crippen LogP contribution in [0.3, 0.4) is 0 Å². The molecule has 0 atom stereocenters. The molecule has 0 saturated carbocycles. The molecule has 140 valence electrons. The maximum Gasteiger partial charge on any atom is 0.163 e. The second kappa shape index (κ2) is 10.1. The van der Waals surface area contributed by atoms with E-state index in [4.69, 9.17) is 4.74 Å². The van der Waals surface area contributed by atoms with Crippen molar-refractivity contribution in [1.82, 2.24) is 5.32 Å². The fourth-order valence-electron chi connectivity index (χ4n) is 2.42. The number of hydrogen-bond donors (Lipinski definition) is 2. The van der Waals surface area contributed by atoms with Crippen LogP contribution in [0.15, 0.2) is 54.6 Å². The molecule has 27 heavy (non-hydrogen) atoms. The first-order valence-corrected chi connectivity index (χ1v) is 8.54. The Labute approximate surface area is 159 Å². The van der Waals surface area contributed by atoms with E-state index in [1.807, 2.05) is 31.3 Å². The Morgan fingerprint density at radius 3 is 2.19 bits per heavy atom. The summed E-state index contributed by atoms with van der Waals surface area (Å²) in [5.74, 6) is -0.196. The molecule has 0 radical (unpaired) electrons. The highest BCUT2D eigenvalue weighted by molar-refractivity contribution is 6.10. The lowest BCUT2D eigenvalue weighted by Gasteiger charge is -2.03. The van der Waals surface area contributed by atoms with Gasteiger partial charge in [-0.1, -0.05) is 42.5 Å². The smallest absolute Gasteiger partial charge is 0.163 e. The number of allylic oxidation sites excluding steroid dienone is 2. The Kier molecular flexibility index (Phi) is 7.52. The number of benzene rings is 2. The number of phenols is 1. The lowest BCUT2D eigenvalue weighted by atomic mass is 10.1. The third-order valence-corrected chi connectivity index (χ3v) is 3.84. The molecular weight excluding hydrogens is 342 g/mol. The standard InChI is InChI=1S/C22H23NO4/c1-23-15-18-5-3-16(4-6-18)7-10-19(24)14-20(25)11-8-17-9-12-21(26)22(13-17)27-2/h3-13,23,26H,14-15H2,1-2H3. The molecule has 2 rings (SSSR count). The number of carbonyl (C=O) groups is 2. The average molecular weight is 365 g/mol. The van der Waals surface area contributed by atoms with Crippen LogP contribution >= 0.6 is 0 Å². The summed E-state index contributed by atoms with van der Waals surface area (Å²) in [6.45, 7) is 0.788. The maximum absolute atomic E-state index is 11.9. The largest absolute Gasteiger partial charge is 0.504 e. The van der Waals surface area contributed by atoms with E-state index in [-0.39, 0.29) is 23.7 Å². The third-order valence-electron chi connectivity index (χ3n) is 3.84. The van der Waals surface area contributed by atoms with Gasteiger partial charge in [0.2, 0.25) is 0 Å². The molecule has 0 amide bonds. The lowest BCUT2D eigenvalue weighted by Crippen LogP contribution is -2.04. The molecule has 0 fully saturated rings. The molecule has 2 aromatic carbocycles. The number of aromatic hydroxyl groups is 1. The van der Waals surface area contributed by atoms with Crippen molar-refractivity contribution in [3.05, 3.63) is 71.3 Å². The number of rotatable bonds is 9. The van der Waals surface area contributed by atoms with Gasteiger partial charge in [-0.05, 0) is 48.0 Å². The summed E-state index contributed by atoms with van der Waals surface area (Å²) >= 11 is 0. The molecule has 0 aromatic heterocycles. The van der Waals surface area contributed by atoms with E-state index in [2.05, 4.69) is 5.32 Å². The number of hydrogen-bond acceptors (Lipinski definition) is 5. The molecule has 0 aliphatic rings. The predicted molar refractivity (Wildman–Crippen MR) is 107 cm³/mol. The van der Waals surface area contributed by atoms with Crippen LogP contribution in [0.5, 0.6) is 11.5 Å². The summed E-state index contributed by atoms with van der Waals surface area (Å²) in [6, 6.07) is 12.6. The molecular formula is C22H23NO4. The predicted octanol–water partition coefficient (Wildman–Crippen LogP) is 3.38. The van der Waals surface area contributed by atoms with Crippen molar-refractivity contribution in [2.75, 3.05) is 14.2 Å². The zero-order valence-electron chi connectivity index (χ0n) is 15.4. The maximum atomic E-state index is 11.9. The van der Waals surface area contributed by atoms with Gasteiger partial charge in [0, 0.05) is 6.54 Å². The second-order valence-corrected chi connectivity index (χ2v) is 5.98. The topological polar surface area (TPSA) is 75.6 Å². The molecule has 0 unspecified atom stereocenters. The number of carbonyl (C=O) groups excluding carboxylic acids is 2. The van der Waals surface area contributed by atoms with Gasteiger partial charge in [0.25, 0.3) is 0 Å². The molecule has 0 saturated heterocycles. The van der Waals surface area contributed by atoms with E-state index in [1.54, 1.807) is 24.3 Å². The molecule has 2 aromatic rings. The van der Waals surface area contributed by atoms with Gasteiger partial charge in [0.1, 0.15) is 0 Å². The first-order chi connectivity index (χ1) is 13.0. The summed E-state index contributed by atoms with van der Waals surface area (Å²) in [7, 11) is 3.34. The summed E-state index contributed by atoms with van der Waals surface area (Å²) < 4.78 is 5.02. The quantitative estimate of drug-likeness (QED) is 0.526. The van der Waals surface area contributed by atoms with Crippen molar-refractivity contribution in [3.8, 4) is 11.5 Å². The van der Waals surface area contributed by atoms with E-state index < -0.39 is 0 Å². The van der Waals surface area contributed by atoms with Crippen LogP contribution in [0.2, 0.25) is 0 Å². The van der Waals surface area contributed by atoms with Gasteiger partial charge in [0.05, 0.1) is 13.5 Å². The summed E-state index contributed by atoms with van der Waals surface area (Å²) in [6.07, 6.45) is 5.86. The number of phenolic OH excluding ortho intramolecular Hbond substituents is 1. The number of ketones is 2. The normalized spacial score (nSPS) is 11.2. The summed E-state index contributed by atoms with van der Waals surface area (Å²) in [5, 5.41) is 12.6. The van der Waals surface area contributed by atoms with Gasteiger partial charge >= 0.3 is 0 Å². The van der Waals surface area contributed by atoms with Gasteiger partial charge < -0.3 is 15.2 Å². The highest BCUT2D eigenvalue weighted by Gasteiger charge is 2.05. The van der Waals surface area contributed by atoms with E-state index >= 15 is 0 Å². The van der Waals surface area contributed by atoms with Crippen LogP contribution in [-0.2, 0) is 16.1 Å². The van der Waals surface area contributed by atoms with Crippen molar-refractivity contribution in [1.29, 1.82) is 0 Å². The van der Waals surface area contributed by atoms with Crippen molar-refractivity contribution in [3.63, 3.8) is 0 Å². The first-order valence-electron chi connectivity index (χ1n) is 8.54. The average Bonchev–Trinajstić information content (AvgIpc) is 2.67. The Bertz CT molecular complexity index is 851. The van der Waals surface area contributed by atoms with Crippen molar-refractivity contribution < 1.29 is 19.4 Å². The van der Waals surface area contributed by atoms with Gasteiger partial charge in [-0.25, -0.2) is 0 Å². The molecule has 5 heteroatoms. The fourth-order valence-corrected chi connectivity index (χ4v) is 2.42. The highest BCUT2D eigenvalue weighted by atomic mass is 16.5. The van der Waals surface area contributed by atoms with Crippen LogP contribution in [0.4, 0.5) is 0 Å². The second-order valence-electron chi connectivity index (χ2n) is 5.98. The third kappa shape index (κ3) is 6.56. The fraction of sp³-hybridized carbons (Fsp3) is 0.182. The minimum absolute atomic E-state index is 0.0280. The minimum atomic E-state index is -0.291. The van der Waals surface area contributed by atoms with Gasteiger partial charge in [-0.2, -0.15) is 0 Å². The Hall–Kier alpha value is -3.18. The lowest BCUT2D eigenvalue weighted by molar-refractivity contribution is -0.121. The minimum Gasteiger partial charge on any atom is -0.504 e. The highest BCUT2D eigenvalue weighted by Crippen LogP contribution is 2.26. The van der Waals surface area contributed by atoms with Gasteiger partial charge in [-0.15, -0.1) is 0 Å². The monoisotopic (exact) mass is 365 g/mol. The van der Waals surface area contributed by atoms with Crippen molar-refractivity contribution >= 4 is 23.7 Å². The van der Waals surface area contributed by atoms with Crippen LogP contribution in [0.25, 0.3) is 12.2 Å². The van der Waals surface area contributed by atoms with E-state index in [9.17, 15) is 14.7 Å². The Balaban J connectivity index is 1.90. The van der Waals surface area contributed by atoms with Crippen LogP contribution in [0.1, 0.15) is 23.1 Å². The molecule has 2 N–H and O–H groups in total. The van der Waals surface area contributed by atoms with Crippen molar-refractivity contribution in [2.45, 2.75) is 13.0 Å². The molecule has 0 heterocycles. The van der Waals surface area contributed by atoms with Crippen molar-refractivity contribution in [2.24, 2.45) is 0 Å². The number of methoxy groups -OCH3 is 1. The molecule has 0 aliphatic heterocycles. The summed E-state index contributed by atoms with van der Waals surface area (Å²) in [4.78, 5) is 23.9. The number of nitrogens with one attached hydrogen (secondary N) is 1. The number of ether oxygens (including phenoxy) is 1. The zero-order valence-corrected chi connectivity index (χ0v) is 15.4. The van der Waals surface area contributed by atoms with Crippen LogP contribution in [-0.4, -0.2) is 30.8 Å². The van der Waals surface area contributed by atoms with Gasteiger partial charge in [0.15, 0.2) is 23.1 Å². The summed E-state index contributed by atoms with van der Waals surface area (Å²) in [5.41, 5.74) is 2.76. The van der Waals surface area contributed by atoms with E-state index in [1.165, 1.54) is 25.3 Å². The van der Waals surface area contributed by atoms with Gasteiger partial charge in [-0.3, -0.25) is 9.59 Å². The molecule has 0 spiro atoms. The first kappa shape index (κ1) is 20.1. The SMILES string of the molecule is CNCc1ccc(C=CC(=O)CC(=O)C=Cc2ccc(O)c(OC)c2)cc1. The molecule has 0 aliphatic carbocycles. The van der Waals surface area contributed by atoms with E-state index in [0.717, 1.165) is 17.7 Å². The Morgan fingerprint density at radius 2 is 1.59 bits per heavy atom.